The van der Waals surface area contributed by atoms with E-state index in [-0.39, 0.29) is 5.97 Å². The second-order valence-corrected chi connectivity index (χ2v) is 3.87. The second-order valence-electron chi connectivity index (χ2n) is 3.87. The van der Waals surface area contributed by atoms with Gasteiger partial charge in [0.25, 0.3) is 0 Å². The van der Waals surface area contributed by atoms with Crippen molar-refractivity contribution in [3.63, 3.8) is 0 Å². The number of hydrogen-bond acceptors (Lipinski definition) is 2. The van der Waals surface area contributed by atoms with Gasteiger partial charge >= 0.3 is 5.97 Å². The van der Waals surface area contributed by atoms with E-state index in [2.05, 4.69) is 18.7 Å². The van der Waals surface area contributed by atoms with Gasteiger partial charge in [-0.3, -0.25) is 4.79 Å². The van der Waals surface area contributed by atoms with E-state index in [1.807, 2.05) is 12.1 Å². The van der Waals surface area contributed by atoms with E-state index in [4.69, 9.17) is 4.74 Å². The average Bonchev–Trinajstić information content (AvgIpc) is 2.18. The Hall–Kier alpha value is -1.57. The third kappa shape index (κ3) is 1.94. The van der Waals surface area contributed by atoms with Crippen molar-refractivity contribution in [2.75, 3.05) is 6.61 Å². The van der Waals surface area contributed by atoms with Crippen molar-refractivity contribution in [3.05, 3.63) is 41.5 Å². The Morgan fingerprint density at radius 2 is 2.47 bits per heavy atom. The van der Waals surface area contributed by atoms with Crippen molar-refractivity contribution in [2.45, 2.75) is 19.3 Å². The van der Waals surface area contributed by atoms with Crippen LogP contribution in [0.25, 0.3) is 6.08 Å². The van der Waals surface area contributed by atoms with Crippen LogP contribution in [-0.4, -0.2) is 12.6 Å². The van der Waals surface area contributed by atoms with Crippen LogP contribution < -0.4 is 0 Å². The largest absolute Gasteiger partial charge is 0.465 e. The quantitative estimate of drug-likeness (QED) is 0.704. The van der Waals surface area contributed by atoms with Gasteiger partial charge < -0.3 is 4.74 Å². The summed E-state index contributed by atoms with van der Waals surface area (Å²) >= 11 is 0. The molecule has 0 heterocycles. The normalized spacial score (nSPS) is 17.5. The molecule has 1 aliphatic rings. The van der Waals surface area contributed by atoms with E-state index < -0.39 is 0 Å². The molecular formula is C13H14O2. The summed E-state index contributed by atoms with van der Waals surface area (Å²) < 4.78 is 5.00. The first kappa shape index (κ1) is 9.97. The zero-order valence-electron chi connectivity index (χ0n) is 8.82. The summed E-state index contributed by atoms with van der Waals surface area (Å²) in [6.07, 6.45) is 2.85. The molecule has 0 N–H and O–H groups in total. The van der Waals surface area contributed by atoms with Gasteiger partial charge in [-0.15, -0.1) is 0 Å². The summed E-state index contributed by atoms with van der Waals surface area (Å²) in [5.74, 6) is 0.189. The molecule has 1 aromatic carbocycles. The number of carbonyl (C=O) groups is 1. The minimum absolute atomic E-state index is 0.203. The average molecular weight is 202 g/mol. The molecular weight excluding hydrogens is 188 g/mol. The highest BCUT2D eigenvalue weighted by atomic mass is 16.5. The highest BCUT2D eigenvalue weighted by Crippen LogP contribution is 2.35. The van der Waals surface area contributed by atoms with Gasteiger partial charge in [0, 0.05) is 12.8 Å². The first-order chi connectivity index (χ1) is 7.20. The lowest BCUT2D eigenvalue weighted by Gasteiger charge is -2.29. The molecule has 0 saturated heterocycles. The Balaban J connectivity index is 2.04. The van der Waals surface area contributed by atoms with Crippen LogP contribution in [0.15, 0.2) is 24.8 Å². The number of carbonyl (C=O) groups excluding carboxylic acids is 1. The van der Waals surface area contributed by atoms with Crippen molar-refractivity contribution in [1.82, 2.24) is 0 Å². The van der Waals surface area contributed by atoms with Crippen LogP contribution >= 0.6 is 0 Å². The maximum Gasteiger partial charge on any atom is 0.302 e. The molecule has 0 amide bonds. The predicted molar refractivity (Wildman–Crippen MR) is 59.6 cm³/mol. The standard InChI is InChI=1S/C13H14O2/c1-3-10-4-5-13-11(6-10)7-12(13)8-15-9(2)14/h3-6,12H,1,7-8H2,2H3. The summed E-state index contributed by atoms with van der Waals surface area (Å²) in [5.41, 5.74) is 3.81. The summed E-state index contributed by atoms with van der Waals surface area (Å²) in [6, 6.07) is 6.29. The summed E-state index contributed by atoms with van der Waals surface area (Å²) in [5, 5.41) is 0. The van der Waals surface area contributed by atoms with Crippen LogP contribution in [0.4, 0.5) is 0 Å². The Kier molecular flexibility index (Phi) is 2.58. The summed E-state index contributed by atoms with van der Waals surface area (Å²) in [4.78, 5) is 10.7. The molecule has 1 unspecified atom stereocenters. The molecule has 0 aliphatic heterocycles. The monoisotopic (exact) mass is 202 g/mol. The van der Waals surface area contributed by atoms with Gasteiger partial charge in [-0.2, -0.15) is 0 Å². The highest BCUT2D eigenvalue weighted by Gasteiger charge is 2.26. The van der Waals surface area contributed by atoms with E-state index in [9.17, 15) is 4.79 Å². The van der Waals surface area contributed by atoms with Crippen LogP contribution in [-0.2, 0) is 16.0 Å². The lowest BCUT2D eigenvalue weighted by Crippen LogP contribution is -2.22. The number of hydrogen-bond donors (Lipinski definition) is 0. The molecule has 78 valence electrons. The van der Waals surface area contributed by atoms with Crippen LogP contribution in [0.2, 0.25) is 0 Å². The van der Waals surface area contributed by atoms with E-state index in [1.165, 1.54) is 18.1 Å². The number of ether oxygens (including phenoxy) is 1. The topological polar surface area (TPSA) is 26.3 Å². The molecule has 0 spiro atoms. The molecule has 15 heavy (non-hydrogen) atoms. The lowest BCUT2D eigenvalue weighted by molar-refractivity contribution is -0.141. The second kappa shape index (κ2) is 3.89. The van der Waals surface area contributed by atoms with Gasteiger partial charge in [-0.05, 0) is 23.1 Å². The Morgan fingerprint density at radius 3 is 3.07 bits per heavy atom. The van der Waals surface area contributed by atoms with Crippen molar-refractivity contribution in [2.24, 2.45) is 0 Å². The number of rotatable bonds is 3. The molecule has 0 saturated carbocycles. The van der Waals surface area contributed by atoms with Gasteiger partial charge in [0.1, 0.15) is 0 Å². The number of benzene rings is 1. The van der Waals surface area contributed by atoms with E-state index in [0.717, 1.165) is 12.0 Å². The first-order valence-corrected chi connectivity index (χ1v) is 5.09. The Morgan fingerprint density at radius 1 is 1.67 bits per heavy atom. The fourth-order valence-corrected chi connectivity index (χ4v) is 1.94. The zero-order chi connectivity index (χ0) is 10.8. The zero-order valence-corrected chi connectivity index (χ0v) is 8.82. The molecule has 2 nitrogen and oxygen atoms in total. The maximum absolute atomic E-state index is 10.7. The van der Waals surface area contributed by atoms with Crippen LogP contribution in [0.3, 0.4) is 0 Å². The first-order valence-electron chi connectivity index (χ1n) is 5.09. The Bertz CT molecular complexity index is 407. The molecule has 0 aromatic heterocycles. The van der Waals surface area contributed by atoms with E-state index in [0.29, 0.717) is 12.5 Å². The molecule has 0 radical (unpaired) electrons. The third-order valence-electron chi connectivity index (χ3n) is 2.80. The van der Waals surface area contributed by atoms with Crippen LogP contribution in [0, 0.1) is 0 Å². The molecule has 2 rings (SSSR count). The Labute approximate surface area is 89.6 Å². The SMILES string of the molecule is C=Cc1ccc2c(c1)CC2COC(C)=O. The maximum atomic E-state index is 10.7. The molecule has 2 heteroatoms. The smallest absolute Gasteiger partial charge is 0.302 e. The van der Waals surface area contributed by atoms with Gasteiger partial charge in [0.05, 0.1) is 6.61 Å². The fourth-order valence-electron chi connectivity index (χ4n) is 1.94. The predicted octanol–water partition coefficient (Wildman–Crippen LogP) is 2.53. The van der Waals surface area contributed by atoms with Crippen molar-refractivity contribution < 1.29 is 9.53 Å². The van der Waals surface area contributed by atoms with Gasteiger partial charge in [-0.25, -0.2) is 0 Å². The van der Waals surface area contributed by atoms with E-state index >= 15 is 0 Å². The van der Waals surface area contributed by atoms with Crippen molar-refractivity contribution >= 4 is 12.0 Å². The highest BCUT2D eigenvalue weighted by molar-refractivity contribution is 5.66. The van der Waals surface area contributed by atoms with Gasteiger partial charge in [-0.1, -0.05) is 30.9 Å². The van der Waals surface area contributed by atoms with Crippen LogP contribution in [0.1, 0.15) is 29.5 Å². The fraction of sp³-hybridized carbons (Fsp3) is 0.308. The minimum atomic E-state index is -0.203. The van der Waals surface area contributed by atoms with Gasteiger partial charge in [0.15, 0.2) is 0 Å². The van der Waals surface area contributed by atoms with Crippen LogP contribution in [0.5, 0.6) is 0 Å². The number of esters is 1. The molecule has 1 aromatic rings. The molecule has 1 atom stereocenters. The third-order valence-corrected chi connectivity index (χ3v) is 2.80. The van der Waals surface area contributed by atoms with Crippen molar-refractivity contribution in [3.8, 4) is 0 Å². The summed E-state index contributed by atoms with van der Waals surface area (Å²) in [7, 11) is 0. The molecule has 0 fully saturated rings. The summed E-state index contributed by atoms with van der Waals surface area (Å²) in [6.45, 7) is 5.69. The van der Waals surface area contributed by atoms with E-state index in [1.54, 1.807) is 0 Å². The molecule has 0 bridgehead atoms. The van der Waals surface area contributed by atoms with Gasteiger partial charge in [0.2, 0.25) is 0 Å². The lowest BCUT2D eigenvalue weighted by atomic mass is 9.77. The molecule has 1 aliphatic carbocycles. The minimum Gasteiger partial charge on any atom is -0.465 e. The van der Waals surface area contributed by atoms with Crippen molar-refractivity contribution in [1.29, 1.82) is 0 Å². The number of fused-ring (bicyclic) bond motifs is 1.